The highest BCUT2D eigenvalue weighted by molar-refractivity contribution is 6.20. The molecule has 1 aliphatic rings. The van der Waals surface area contributed by atoms with Crippen LogP contribution in [0.25, 0.3) is 16.3 Å². The number of hydrogen-bond acceptors (Lipinski definition) is 6. The molecule has 1 saturated heterocycles. The maximum absolute atomic E-state index is 14.0. The molecule has 4 rings (SSSR count). The first-order valence-electron chi connectivity index (χ1n) is 14.4. The van der Waals surface area contributed by atoms with Crippen molar-refractivity contribution in [2.75, 3.05) is 13.7 Å². The molecule has 7 heteroatoms. The summed E-state index contributed by atoms with van der Waals surface area (Å²) in [5.74, 6) is 0.633. The number of nitrogens with one attached hydrogen (secondary N) is 1. The molecule has 5 atom stereocenters. The molecular weight excluding hydrogens is 518 g/mol. The fraction of sp³-hybridized carbons (Fsp3) is 0.441. The number of aliphatic hydroxyl groups excluding tert-OH is 3. The van der Waals surface area contributed by atoms with Gasteiger partial charge >= 0.3 is 0 Å². The lowest BCUT2D eigenvalue weighted by atomic mass is 9.86. The number of benzene rings is 3. The van der Waals surface area contributed by atoms with Gasteiger partial charge in [0.2, 0.25) is 0 Å². The van der Waals surface area contributed by atoms with E-state index in [0.717, 1.165) is 28.9 Å². The minimum Gasteiger partial charge on any atom is -0.497 e. The van der Waals surface area contributed by atoms with Crippen molar-refractivity contribution < 1.29 is 29.6 Å². The molecule has 0 spiro atoms. The maximum Gasteiger partial charge on any atom is 0.252 e. The lowest BCUT2D eigenvalue weighted by Crippen LogP contribution is -2.63. The average Bonchev–Trinajstić information content (AvgIpc) is 2.95. The third-order valence-electron chi connectivity index (χ3n) is 8.13. The number of fused-ring (bicyclic) bond motifs is 1. The summed E-state index contributed by atoms with van der Waals surface area (Å²) >= 11 is 0. The molecule has 0 saturated carbocycles. The first kappa shape index (κ1) is 30.7. The number of carbonyl (C=O) groups is 1. The van der Waals surface area contributed by atoms with Crippen LogP contribution in [0, 0.1) is 12.8 Å². The van der Waals surface area contributed by atoms with E-state index >= 15 is 0 Å². The molecular formula is C34H43NO6. The minimum absolute atomic E-state index is 0.0407. The van der Waals surface area contributed by atoms with Crippen molar-refractivity contribution in [1.82, 2.24) is 5.32 Å². The van der Waals surface area contributed by atoms with Gasteiger partial charge < -0.3 is 30.1 Å². The third kappa shape index (κ3) is 6.99. The molecule has 1 heterocycles. The number of aryl methyl sites for hydroxylation is 2. The summed E-state index contributed by atoms with van der Waals surface area (Å²) in [5, 5.41) is 36.1. The van der Waals surface area contributed by atoms with E-state index in [0.29, 0.717) is 18.4 Å². The van der Waals surface area contributed by atoms with Crippen LogP contribution >= 0.6 is 0 Å². The van der Waals surface area contributed by atoms with E-state index in [-0.39, 0.29) is 18.2 Å². The summed E-state index contributed by atoms with van der Waals surface area (Å²) in [6.07, 6.45) is 0.925. The smallest absolute Gasteiger partial charge is 0.252 e. The predicted octanol–water partition coefficient (Wildman–Crippen LogP) is 4.71. The highest BCUT2D eigenvalue weighted by Crippen LogP contribution is 2.33. The number of amides is 1. The zero-order valence-corrected chi connectivity index (χ0v) is 24.7. The van der Waals surface area contributed by atoms with Gasteiger partial charge in [0.25, 0.3) is 5.91 Å². The van der Waals surface area contributed by atoms with Crippen LogP contribution in [0.5, 0.6) is 5.75 Å². The molecule has 0 aromatic heterocycles. The summed E-state index contributed by atoms with van der Waals surface area (Å²) in [5.41, 5.74) is 3.25. The highest BCUT2D eigenvalue weighted by atomic mass is 16.6. The number of hydrogen-bond donors (Lipinski definition) is 4. The Hall–Kier alpha value is -3.23. The van der Waals surface area contributed by atoms with Crippen LogP contribution in [0.15, 0.2) is 60.7 Å². The molecule has 4 N–H and O–H groups in total. The van der Waals surface area contributed by atoms with Gasteiger partial charge in [-0.3, -0.25) is 4.79 Å². The molecule has 1 fully saturated rings. The summed E-state index contributed by atoms with van der Waals surface area (Å²) in [7, 11) is 1.63. The first-order valence-corrected chi connectivity index (χ1v) is 14.4. The van der Waals surface area contributed by atoms with Gasteiger partial charge in [-0.15, -0.1) is 0 Å². The number of allylic oxidation sites excluding steroid dienone is 1. The van der Waals surface area contributed by atoms with Crippen molar-refractivity contribution >= 4 is 22.3 Å². The standard InChI is InChI=1S/C34H43NO6/c1-6-24-18-27(40-5)16-22(3)31(24)28(32(38)35-34(4)19-29(37)30(20-36)41-33(34)39)14-11-21(2)15-23-12-13-25-9-7-8-10-26(25)17-23/h7-10,12-14,16-18,21,29-30,33,36-37,39H,6,11,15,19-20H2,1-5H3,(H,35,38)/b28-14+/t21?,29-,30?,33?,34+/m0/s1. The van der Waals surface area contributed by atoms with E-state index in [9.17, 15) is 20.1 Å². The largest absolute Gasteiger partial charge is 0.497 e. The molecule has 3 unspecified atom stereocenters. The van der Waals surface area contributed by atoms with Gasteiger partial charge in [-0.1, -0.05) is 62.4 Å². The summed E-state index contributed by atoms with van der Waals surface area (Å²) in [6, 6.07) is 18.7. The average molecular weight is 562 g/mol. The lowest BCUT2D eigenvalue weighted by Gasteiger charge is -2.44. The molecule has 0 bridgehead atoms. The van der Waals surface area contributed by atoms with Gasteiger partial charge in [0.05, 0.1) is 25.4 Å². The van der Waals surface area contributed by atoms with Crippen LogP contribution in [0.4, 0.5) is 0 Å². The van der Waals surface area contributed by atoms with E-state index in [2.05, 4.69) is 42.6 Å². The molecule has 7 nitrogen and oxygen atoms in total. The predicted molar refractivity (Wildman–Crippen MR) is 162 cm³/mol. The Kier molecular flexibility index (Phi) is 9.87. The van der Waals surface area contributed by atoms with Gasteiger partial charge in [0, 0.05) is 12.0 Å². The Labute approximate surface area is 242 Å². The molecule has 3 aromatic carbocycles. The van der Waals surface area contributed by atoms with Crippen LogP contribution in [0.1, 0.15) is 55.9 Å². The second-order valence-corrected chi connectivity index (χ2v) is 11.5. The Morgan fingerprint density at radius 3 is 2.59 bits per heavy atom. The van der Waals surface area contributed by atoms with Crippen LogP contribution < -0.4 is 10.1 Å². The quantitative estimate of drug-likeness (QED) is 0.267. The van der Waals surface area contributed by atoms with E-state index in [1.54, 1.807) is 14.0 Å². The van der Waals surface area contributed by atoms with Crippen LogP contribution in [0.2, 0.25) is 0 Å². The number of methoxy groups -OCH3 is 1. The monoisotopic (exact) mass is 561 g/mol. The third-order valence-corrected chi connectivity index (χ3v) is 8.13. The van der Waals surface area contributed by atoms with Crippen molar-refractivity contribution in [3.63, 3.8) is 0 Å². The van der Waals surface area contributed by atoms with Gasteiger partial charge in [-0.05, 0) is 84.2 Å². The molecule has 3 aromatic rings. The van der Waals surface area contributed by atoms with Gasteiger partial charge in [-0.2, -0.15) is 0 Å². The minimum atomic E-state index is -1.39. The number of carbonyl (C=O) groups excluding carboxylic acids is 1. The van der Waals surface area contributed by atoms with Gasteiger partial charge in [-0.25, -0.2) is 0 Å². The maximum atomic E-state index is 14.0. The fourth-order valence-electron chi connectivity index (χ4n) is 5.76. The van der Waals surface area contributed by atoms with Crippen LogP contribution in [-0.4, -0.2) is 59.0 Å². The van der Waals surface area contributed by atoms with Crippen molar-refractivity contribution in [1.29, 1.82) is 0 Å². The van der Waals surface area contributed by atoms with Crippen molar-refractivity contribution in [2.45, 2.75) is 77.4 Å². The highest BCUT2D eigenvalue weighted by Gasteiger charge is 2.46. The normalized spacial score (nSPS) is 23.8. The lowest BCUT2D eigenvalue weighted by molar-refractivity contribution is -0.244. The molecule has 0 aliphatic carbocycles. The molecule has 41 heavy (non-hydrogen) atoms. The number of aliphatic hydroxyl groups is 3. The van der Waals surface area contributed by atoms with Crippen LogP contribution in [-0.2, 0) is 22.4 Å². The number of rotatable bonds is 10. The summed E-state index contributed by atoms with van der Waals surface area (Å²) in [4.78, 5) is 14.0. The van der Waals surface area contributed by atoms with Gasteiger partial charge in [0.1, 0.15) is 11.9 Å². The topological polar surface area (TPSA) is 108 Å². The van der Waals surface area contributed by atoms with Crippen molar-refractivity contribution in [3.8, 4) is 5.75 Å². The Balaban J connectivity index is 1.64. The number of ether oxygens (including phenoxy) is 2. The van der Waals surface area contributed by atoms with Crippen molar-refractivity contribution in [2.24, 2.45) is 5.92 Å². The van der Waals surface area contributed by atoms with E-state index in [4.69, 9.17) is 9.47 Å². The van der Waals surface area contributed by atoms with Gasteiger partial charge in [0.15, 0.2) is 6.29 Å². The Morgan fingerprint density at radius 1 is 1.17 bits per heavy atom. The fourth-order valence-corrected chi connectivity index (χ4v) is 5.76. The zero-order chi connectivity index (χ0) is 29.7. The van der Waals surface area contributed by atoms with Crippen LogP contribution in [0.3, 0.4) is 0 Å². The van der Waals surface area contributed by atoms with E-state index < -0.39 is 30.6 Å². The molecule has 1 amide bonds. The second-order valence-electron chi connectivity index (χ2n) is 11.5. The zero-order valence-electron chi connectivity index (χ0n) is 24.7. The van der Waals surface area contributed by atoms with E-state index in [1.165, 1.54) is 16.3 Å². The molecule has 0 radical (unpaired) electrons. The van der Waals surface area contributed by atoms with Crippen molar-refractivity contribution in [3.05, 3.63) is 82.9 Å². The second kappa shape index (κ2) is 13.2. The summed E-state index contributed by atoms with van der Waals surface area (Å²) < 4.78 is 10.9. The molecule has 220 valence electrons. The SMILES string of the molecule is CCc1cc(OC)cc(C)c1/C(=C\CC(C)Cc1ccc2ccccc2c1)C(=O)N[C@]1(C)C[C@H](O)C(CO)OC1O. The van der Waals surface area contributed by atoms with E-state index in [1.807, 2.05) is 44.2 Å². The Bertz CT molecular complexity index is 1400. The summed E-state index contributed by atoms with van der Waals surface area (Å²) in [6.45, 7) is 7.41. The molecule has 1 aliphatic heterocycles. The Morgan fingerprint density at radius 2 is 1.90 bits per heavy atom. The first-order chi connectivity index (χ1) is 19.6.